The molecule has 0 aliphatic heterocycles. The normalized spacial score (nSPS) is 11.6. The van der Waals surface area contributed by atoms with Gasteiger partial charge in [-0.05, 0) is 43.0 Å². The number of hydrogen-bond donors (Lipinski definition) is 1. The van der Waals surface area contributed by atoms with Gasteiger partial charge in [-0.1, -0.05) is 49.4 Å². The highest BCUT2D eigenvalue weighted by molar-refractivity contribution is 5.81. The van der Waals surface area contributed by atoms with E-state index in [-0.39, 0.29) is 11.9 Å². The van der Waals surface area contributed by atoms with E-state index in [2.05, 4.69) is 24.3 Å². The number of carbonyl (C=O) groups is 1. The van der Waals surface area contributed by atoms with Gasteiger partial charge in [0.1, 0.15) is 5.75 Å². The third kappa shape index (κ3) is 6.71. The molecule has 0 bridgehead atoms. The van der Waals surface area contributed by atoms with Crippen molar-refractivity contribution in [3.8, 4) is 5.75 Å². The molecule has 0 aliphatic carbocycles. The fourth-order valence-electron chi connectivity index (χ4n) is 2.57. The van der Waals surface area contributed by atoms with Gasteiger partial charge in [-0.2, -0.15) is 0 Å². The predicted molar refractivity (Wildman–Crippen MR) is 104 cm³/mol. The Bertz CT molecular complexity index is 695. The second kappa shape index (κ2) is 10.4. The van der Waals surface area contributed by atoms with Gasteiger partial charge in [-0.15, -0.1) is 0 Å². The zero-order valence-corrected chi connectivity index (χ0v) is 15.5. The Morgan fingerprint density at radius 2 is 1.69 bits per heavy atom. The summed E-state index contributed by atoms with van der Waals surface area (Å²) in [6, 6.07) is 18.4. The first-order valence-electron chi connectivity index (χ1n) is 9.04. The second-order valence-electron chi connectivity index (χ2n) is 6.36. The summed E-state index contributed by atoms with van der Waals surface area (Å²) < 4.78 is 10.9. The largest absolute Gasteiger partial charge is 0.493 e. The first-order valence-corrected chi connectivity index (χ1v) is 9.04. The van der Waals surface area contributed by atoms with Crippen LogP contribution in [0.25, 0.3) is 0 Å². The summed E-state index contributed by atoms with van der Waals surface area (Å²) in [5, 5.41) is 7.89. The van der Waals surface area contributed by atoms with E-state index >= 15 is 0 Å². The van der Waals surface area contributed by atoms with E-state index in [4.69, 9.17) is 14.9 Å². The van der Waals surface area contributed by atoms with Crippen LogP contribution in [-0.2, 0) is 16.0 Å². The van der Waals surface area contributed by atoms with Gasteiger partial charge in [0.05, 0.1) is 13.2 Å². The van der Waals surface area contributed by atoms with Crippen molar-refractivity contribution < 1.29 is 14.3 Å². The lowest BCUT2D eigenvalue weighted by atomic mass is 10.0. The summed E-state index contributed by atoms with van der Waals surface area (Å²) in [7, 11) is 0. The molecular formula is C22H27NO3. The quantitative estimate of drug-likeness (QED) is 0.499. The summed E-state index contributed by atoms with van der Waals surface area (Å²) in [4.78, 5) is 11.2. The SMILES string of the molecule is CCC(=O)OCC[C@H](COc1ccc(Cc2ccccc2)cc1)C(C)=N. The standard InChI is InChI=1S/C22H27NO3/c1-3-22(24)25-14-13-20(17(2)23)16-26-21-11-9-19(10-12-21)15-18-7-5-4-6-8-18/h4-12,20,23H,3,13-16H2,1-2H3/t20-/m1/s1. The van der Waals surface area contributed by atoms with Crippen LogP contribution < -0.4 is 4.74 Å². The van der Waals surface area contributed by atoms with E-state index in [1.165, 1.54) is 11.1 Å². The van der Waals surface area contributed by atoms with Crippen molar-refractivity contribution in [2.45, 2.75) is 33.1 Å². The molecule has 0 amide bonds. The highest BCUT2D eigenvalue weighted by atomic mass is 16.5. The Morgan fingerprint density at radius 1 is 1.04 bits per heavy atom. The van der Waals surface area contributed by atoms with Crippen molar-refractivity contribution in [1.29, 1.82) is 5.41 Å². The third-order valence-corrected chi connectivity index (χ3v) is 4.26. The van der Waals surface area contributed by atoms with Crippen molar-refractivity contribution in [3.05, 3.63) is 65.7 Å². The fraction of sp³-hybridized carbons (Fsp3) is 0.364. The molecule has 0 radical (unpaired) electrons. The van der Waals surface area contributed by atoms with Gasteiger partial charge in [-0.25, -0.2) is 0 Å². The van der Waals surface area contributed by atoms with Gasteiger partial charge < -0.3 is 14.9 Å². The summed E-state index contributed by atoms with van der Waals surface area (Å²) in [5.74, 6) is 0.531. The Kier molecular flexibility index (Phi) is 7.87. The lowest BCUT2D eigenvalue weighted by Crippen LogP contribution is -2.21. The molecule has 2 aromatic carbocycles. The van der Waals surface area contributed by atoms with Crippen LogP contribution in [0, 0.1) is 11.3 Å². The van der Waals surface area contributed by atoms with Gasteiger partial charge in [0, 0.05) is 18.1 Å². The molecule has 0 fully saturated rings. The number of benzene rings is 2. The third-order valence-electron chi connectivity index (χ3n) is 4.26. The Hall–Kier alpha value is -2.62. The van der Waals surface area contributed by atoms with Gasteiger partial charge in [0.15, 0.2) is 0 Å². The predicted octanol–water partition coefficient (Wildman–Crippen LogP) is 4.66. The van der Waals surface area contributed by atoms with Crippen LogP contribution in [0.2, 0.25) is 0 Å². The first-order chi connectivity index (χ1) is 12.6. The molecule has 0 saturated heterocycles. The monoisotopic (exact) mass is 353 g/mol. The Labute approximate surface area is 155 Å². The van der Waals surface area contributed by atoms with Crippen molar-refractivity contribution in [2.75, 3.05) is 13.2 Å². The fourth-order valence-corrected chi connectivity index (χ4v) is 2.57. The molecule has 0 aromatic heterocycles. The van der Waals surface area contributed by atoms with Crippen molar-refractivity contribution in [3.63, 3.8) is 0 Å². The average molecular weight is 353 g/mol. The molecule has 4 nitrogen and oxygen atoms in total. The maximum absolute atomic E-state index is 11.2. The van der Waals surface area contributed by atoms with Gasteiger partial charge in [0.25, 0.3) is 0 Å². The molecule has 2 rings (SSSR count). The Morgan fingerprint density at radius 3 is 2.31 bits per heavy atom. The number of hydrogen-bond acceptors (Lipinski definition) is 4. The lowest BCUT2D eigenvalue weighted by molar-refractivity contribution is -0.143. The Balaban J connectivity index is 1.82. The molecule has 26 heavy (non-hydrogen) atoms. The molecule has 0 unspecified atom stereocenters. The number of esters is 1. The van der Waals surface area contributed by atoms with Crippen LogP contribution in [0.5, 0.6) is 5.75 Å². The molecule has 0 saturated carbocycles. The topological polar surface area (TPSA) is 59.4 Å². The molecule has 0 heterocycles. The van der Waals surface area contributed by atoms with Crippen LogP contribution in [0.1, 0.15) is 37.8 Å². The summed E-state index contributed by atoms with van der Waals surface area (Å²) in [6.45, 7) is 4.27. The van der Waals surface area contributed by atoms with E-state index in [1.807, 2.05) is 30.3 Å². The van der Waals surface area contributed by atoms with Crippen LogP contribution >= 0.6 is 0 Å². The van der Waals surface area contributed by atoms with Crippen molar-refractivity contribution >= 4 is 11.7 Å². The maximum Gasteiger partial charge on any atom is 0.305 e. The van der Waals surface area contributed by atoms with Crippen molar-refractivity contribution in [1.82, 2.24) is 0 Å². The molecule has 138 valence electrons. The number of nitrogens with one attached hydrogen (secondary N) is 1. The molecular weight excluding hydrogens is 326 g/mol. The molecule has 2 aromatic rings. The van der Waals surface area contributed by atoms with Crippen LogP contribution in [0.15, 0.2) is 54.6 Å². The number of carbonyl (C=O) groups excluding carboxylic acids is 1. The smallest absolute Gasteiger partial charge is 0.305 e. The molecule has 0 spiro atoms. The van der Waals surface area contributed by atoms with E-state index < -0.39 is 0 Å². The summed E-state index contributed by atoms with van der Waals surface area (Å²) in [5.41, 5.74) is 3.05. The maximum atomic E-state index is 11.2. The van der Waals surface area contributed by atoms with Gasteiger partial charge >= 0.3 is 5.97 Å². The van der Waals surface area contributed by atoms with Gasteiger partial charge in [-0.3, -0.25) is 4.79 Å². The molecule has 1 atom stereocenters. The summed E-state index contributed by atoms with van der Waals surface area (Å²) >= 11 is 0. The van der Waals surface area contributed by atoms with E-state index in [9.17, 15) is 4.79 Å². The minimum atomic E-state index is -0.207. The minimum Gasteiger partial charge on any atom is -0.493 e. The van der Waals surface area contributed by atoms with E-state index in [0.717, 1.165) is 12.2 Å². The van der Waals surface area contributed by atoms with Crippen LogP contribution in [0.3, 0.4) is 0 Å². The number of rotatable bonds is 10. The zero-order valence-electron chi connectivity index (χ0n) is 15.5. The van der Waals surface area contributed by atoms with Crippen LogP contribution in [-0.4, -0.2) is 24.9 Å². The average Bonchev–Trinajstić information content (AvgIpc) is 2.66. The second-order valence-corrected chi connectivity index (χ2v) is 6.36. The van der Waals surface area contributed by atoms with Gasteiger partial charge in [0.2, 0.25) is 0 Å². The highest BCUT2D eigenvalue weighted by Gasteiger charge is 2.13. The molecule has 4 heteroatoms. The lowest BCUT2D eigenvalue weighted by Gasteiger charge is -2.17. The number of ether oxygens (including phenoxy) is 2. The molecule has 1 N–H and O–H groups in total. The highest BCUT2D eigenvalue weighted by Crippen LogP contribution is 2.17. The van der Waals surface area contributed by atoms with E-state index in [1.54, 1.807) is 13.8 Å². The minimum absolute atomic E-state index is 0.0522. The van der Waals surface area contributed by atoms with E-state index in [0.29, 0.717) is 31.8 Å². The zero-order chi connectivity index (χ0) is 18.8. The molecule has 0 aliphatic rings. The van der Waals surface area contributed by atoms with Crippen LogP contribution in [0.4, 0.5) is 0 Å². The first kappa shape index (κ1) is 19.7. The summed E-state index contributed by atoms with van der Waals surface area (Å²) in [6.07, 6.45) is 1.87. The van der Waals surface area contributed by atoms with Crippen molar-refractivity contribution in [2.24, 2.45) is 5.92 Å².